The van der Waals surface area contributed by atoms with E-state index in [2.05, 4.69) is 0 Å². The molecule has 0 aromatic heterocycles. The molecular weight excluding hydrogens is 400 g/mol. The van der Waals surface area contributed by atoms with Crippen LogP contribution in [0.4, 0.5) is 0 Å². The van der Waals surface area contributed by atoms with Crippen molar-refractivity contribution >= 4 is 5.78 Å². The van der Waals surface area contributed by atoms with Gasteiger partial charge in [0, 0.05) is 17.7 Å². The summed E-state index contributed by atoms with van der Waals surface area (Å²) in [7, 11) is 1.32. The molecule has 0 spiro atoms. The fourth-order valence-electron chi connectivity index (χ4n) is 3.10. The average molecular weight is 422 g/mol. The van der Waals surface area contributed by atoms with E-state index in [1.807, 2.05) is 0 Å². The Morgan fingerprint density at radius 2 is 1.80 bits per heavy atom. The maximum Gasteiger partial charge on any atom is 0.229 e. The Balaban J connectivity index is 2.01. The second-order valence-corrected chi connectivity index (χ2v) is 6.71. The monoisotopic (exact) mass is 422 g/mol. The van der Waals surface area contributed by atoms with Crippen molar-refractivity contribution in [1.82, 2.24) is 0 Å². The smallest absolute Gasteiger partial charge is 0.229 e. The minimum atomic E-state index is -1.72. The van der Waals surface area contributed by atoms with Gasteiger partial charge < -0.3 is 44.8 Å². The van der Waals surface area contributed by atoms with Gasteiger partial charge in [0.25, 0.3) is 0 Å². The highest BCUT2D eigenvalue weighted by atomic mass is 16.7. The predicted molar refractivity (Wildman–Crippen MR) is 101 cm³/mol. The predicted octanol–water partition coefficient (Wildman–Crippen LogP) is -0.484. The summed E-state index contributed by atoms with van der Waals surface area (Å²) in [5, 5.41) is 59.4. The molecule has 1 aliphatic rings. The van der Waals surface area contributed by atoms with E-state index >= 15 is 0 Å². The number of hydrogen-bond acceptors (Lipinski definition) is 10. The third-order valence-corrected chi connectivity index (χ3v) is 4.72. The lowest BCUT2D eigenvalue weighted by Gasteiger charge is -2.39. The lowest BCUT2D eigenvalue weighted by atomic mass is 9.98. The molecule has 0 amide bonds. The van der Waals surface area contributed by atoms with Crippen LogP contribution in [0.3, 0.4) is 0 Å². The van der Waals surface area contributed by atoms with Crippen molar-refractivity contribution in [2.75, 3.05) is 13.7 Å². The Morgan fingerprint density at radius 3 is 2.43 bits per heavy atom. The van der Waals surface area contributed by atoms with Crippen molar-refractivity contribution in [3.8, 4) is 23.0 Å². The number of phenolic OH excluding ortho intramolecular Hbond substituents is 2. The number of benzene rings is 2. The lowest BCUT2D eigenvalue weighted by Crippen LogP contribution is -2.60. The third kappa shape index (κ3) is 4.18. The van der Waals surface area contributed by atoms with Crippen LogP contribution in [0, 0.1) is 0 Å². The molecule has 0 unspecified atom stereocenters. The molecule has 1 heterocycles. The Kier molecular flexibility index (Phi) is 6.44. The van der Waals surface area contributed by atoms with Crippen LogP contribution in [-0.4, -0.2) is 80.8 Å². The zero-order chi connectivity index (χ0) is 22.0. The van der Waals surface area contributed by atoms with Crippen molar-refractivity contribution in [3.05, 3.63) is 47.5 Å². The molecule has 1 saturated heterocycles. The molecule has 2 aromatic rings. The Hall–Kier alpha value is -2.89. The molecule has 3 rings (SSSR count). The topological polar surface area (TPSA) is 166 Å². The number of carbonyl (C=O) groups is 1. The fraction of sp³-hybridized carbons (Fsp3) is 0.350. The first kappa shape index (κ1) is 21.8. The molecule has 6 N–H and O–H groups in total. The standard InChI is InChI=1S/C20H22O10/c1-28-11-6-12(23)15(16(24)9-3-2-4-10(22)5-9)13(7-11)29-20-19(27)18(26)17(25)14(8-21)30-20/h2-7,14,17-23,25-27H,8H2,1H3/t14-,17-,18+,19-,20-/m1/s1. The van der Waals surface area contributed by atoms with Crippen molar-refractivity contribution in [2.45, 2.75) is 30.7 Å². The van der Waals surface area contributed by atoms with E-state index in [4.69, 9.17) is 14.2 Å². The molecule has 0 aliphatic carbocycles. The van der Waals surface area contributed by atoms with Gasteiger partial charge in [-0.05, 0) is 12.1 Å². The van der Waals surface area contributed by atoms with Crippen molar-refractivity contribution < 1.29 is 49.6 Å². The molecule has 1 aliphatic heterocycles. The number of aromatic hydroxyl groups is 2. The number of rotatable bonds is 6. The third-order valence-electron chi connectivity index (χ3n) is 4.72. The average Bonchev–Trinajstić information content (AvgIpc) is 2.73. The maximum absolute atomic E-state index is 13.0. The van der Waals surface area contributed by atoms with Crippen LogP contribution in [0.1, 0.15) is 15.9 Å². The molecule has 5 atom stereocenters. The summed E-state index contributed by atoms with van der Waals surface area (Å²) in [4.78, 5) is 13.0. The van der Waals surface area contributed by atoms with Gasteiger partial charge in [-0.3, -0.25) is 4.79 Å². The normalized spacial score (nSPS) is 26.2. The van der Waals surface area contributed by atoms with Gasteiger partial charge in [-0.1, -0.05) is 12.1 Å². The van der Waals surface area contributed by atoms with E-state index in [1.165, 1.54) is 43.5 Å². The number of aliphatic hydroxyl groups is 4. The zero-order valence-corrected chi connectivity index (χ0v) is 15.9. The first-order valence-corrected chi connectivity index (χ1v) is 8.98. The summed E-state index contributed by atoms with van der Waals surface area (Å²) in [5.41, 5.74) is -0.257. The van der Waals surface area contributed by atoms with Crippen molar-refractivity contribution in [2.24, 2.45) is 0 Å². The SMILES string of the molecule is COc1cc(O)c(C(=O)c2cccc(O)c2)c(O[C@@H]2O[C@H](CO)[C@@H](O)[C@H](O)[C@H]2O)c1. The van der Waals surface area contributed by atoms with Crippen LogP contribution in [0.2, 0.25) is 0 Å². The van der Waals surface area contributed by atoms with Crippen LogP contribution in [0.5, 0.6) is 23.0 Å². The van der Waals surface area contributed by atoms with Crippen LogP contribution < -0.4 is 9.47 Å². The van der Waals surface area contributed by atoms with E-state index in [1.54, 1.807) is 0 Å². The molecule has 30 heavy (non-hydrogen) atoms. The van der Waals surface area contributed by atoms with E-state index in [-0.39, 0.29) is 28.4 Å². The molecule has 0 radical (unpaired) electrons. The first-order valence-electron chi connectivity index (χ1n) is 8.98. The van der Waals surface area contributed by atoms with Crippen LogP contribution in [0.15, 0.2) is 36.4 Å². The molecule has 0 bridgehead atoms. The van der Waals surface area contributed by atoms with Gasteiger partial charge in [0.05, 0.1) is 13.7 Å². The van der Waals surface area contributed by atoms with Gasteiger partial charge >= 0.3 is 0 Å². The summed E-state index contributed by atoms with van der Waals surface area (Å²) >= 11 is 0. The Bertz CT molecular complexity index is 912. The lowest BCUT2D eigenvalue weighted by molar-refractivity contribution is -0.277. The summed E-state index contributed by atoms with van der Waals surface area (Å²) in [6.45, 7) is -0.663. The second kappa shape index (κ2) is 8.86. The summed E-state index contributed by atoms with van der Waals surface area (Å²) < 4.78 is 15.9. The number of phenols is 2. The highest BCUT2D eigenvalue weighted by Crippen LogP contribution is 2.37. The number of carbonyl (C=O) groups excluding carboxylic acids is 1. The number of methoxy groups -OCH3 is 1. The van der Waals surface area contributed by atoms with Crippen molar-refractivity contribution in [3.63, 3.8) is 0 Å². The number of ketones is 1. The van der Waals surface area contributed by atoms with Gasteiger partial charge in [-0.25, -0.2) is 0 Å². The highest BCUT2D eigenvalue weighted by molar-refractivity contribution is 6.12. The van der Waals surface area contributed by atoms with Crippen LogP contribution in [-0.2, 0) is 4.74 Å². The number of aliphatic hydroxyl groups excluding tert-OH is 4. The number of hydrogen-bond donors (Lipinski definition) is 6. The summed E-state index contributed by atoms with van der Waals surface area (Å²) in [6.07, 6.45) is -7.80. The Labute approximate surface area is 171 Å². The first-order chi connectivity index (χ1) is 14.3. The van der Waals surface area contributed by atoms with E-state index < -0.39 is 48.8 Å². The van der Waals surface area contributed by atoms with Gasteiger partial charge in [0.15, 0.2) is 0 Å². The van der Waals surface area contributed by atoms with Gasteiger partial charge in [0.2, 0.25) is 12.1 Å². The van der Waals surface area contributed by atoms with E-state index in [9.17, 15) is 35.4 Å². The van der Waals surface area contributed by atoms with E-state index in [0.29, 0.717) is 0 Å². The molecule has 0 saturated carbocycles. The summed E-state index contributed by atoms with van der Waals surface area (Å²) in [6, 6.07) is 7.87. The molecule has 10 heteroatoms. The molecule has 2 aromatic carbocycles. The van der Waals surface area contributed by atoms with Gasteiger partial charge in [-0.15, -0.1) is 0 Å². The highest BCUT2D eigenvalue weighted by Gasteiger charge is 2.45. The largest absolute Gasteiger partial charge is 0.508 e. The fourth-order valence-corrected chi connectivity index (χ4v) is 3.10. The Morgan fingerprint density at radius 1 is 1.07 bits per heavy atom. The maximum atomic E-state index is 13.0. The minimum Gasteiger partial charge on any atom is -0.508 e. The molecule has 162 valence electrons. The second-order valence-electron chi connectivity index (χ2n) is 6.71. The number of ether oxygens (including phenoxy) is 3. The van der Waals surface area contributed by atoms with E-state index in [0.717, 1.165) is 0 Å². The van der Waals surface area contributed by atoms with Crippen molar-refractivity contribution in [1.29, 1.82) is 0 Å². The molecule has 1 fully saturated rings. The van der Waals surface area contributed by atoms with Gasteiger partial charge in [0.1, 0.15) is 53.0 Å². The summed E-state index contributed by atoms with van der Waals surface area (Å²) in [5.74, 6) is -1.48. The quantitative estimate of drug-likeness (QED) is 0.335. The molecular formula is C20H22O10. The van der Waals surface area contributed by atoms with Crippen LogP contribution in [0.25, 0.3) is 0 Å². The molecule has 10 nitrogen and oxygen atoms in total. The zero-order valence-electron chi connectivity index (χ0n) is 15.9. The van der Waals surface area contributed by atoms with Crippen LogP contribution >= 0.6 is 0 Å². The minimum absolute atomic E-state index is 0.0501. The van der Waals surface area contributed by atoms with Gasteiger partial charge in [-0.2, -0.15) is 0 Å².